The minimum Gasteiger partial charge on any atom is -0.394 e. The molecule has 0 bridgehead atoms. The monoisotopic (exact) mass is 852 g/mol. The normalized spacial score (nSPS) is 13.3. The molecule has 0 heterocycles. The topological polar surface area (TPSA) is 69.6 Å². The zero-order chi connectivity index (χ0) is 44.2. The zero-order valence-electron chi connectivity index (χ0n) is 40.9. The predicted molar refractivity (Wildman–Crippen MR) is 271 cm³/mol. The molecule has 2 atom stereocenters. The van der Waals surface area contributed by atoms with Gasteiger partial charge in [0.25, 0.3) is 0 Å². The van der Waals surface area contributed by atoms with Crippen molar-refractivity contribution in [2.24, 2.45) is 0 Å². The number of amides is 1. The molecular weight excluding hydrogens is 747 g/mol. The number of carbonyl (C=O) groups excluding carboxylic acids is 1. The smallest absolute Gasteiger partial charge is 0.220 e. The van der Waals surface area contributed by atoms with Crippen molar-refractivity contribution in [3.05, 3.63) is 60.8 Å². The van der Waals surface area contributed by atoms with Gasteiger partial charge in [0, 0.05) is 6.42 Å². The van der Waals surface area contributed by atoms with Gasteiger partial charge in [-0.25, -0.2) is 0 Å². The maximum atomic E-state index is 12.4. The third kappa shape index (κ3) is 49.0. The van der Waals surface area contributed by atoms with Gasteiger partial charge >= 0.3 is 0 Å². The summed E-state index contributed by atoms with van der Waals surface area (Å²) in [5.41, 5.74) is 0. The van der Waals surface area contributed by atoms with Crippen LogP contribution in [0.25, 0.3) is 0 Å². The number of aliphatic hydroxyl groups excluding tert-OH is 2. The number of rotatable bonds is 49. The first kappa shape index (κ1) is 59.1. The Kier molecular flexibility index (Phi) is 50.8. The van der Waals surface area contributed by atoms with Crippen LogP contribution in [0.15, 0.2) is 60.8 Å². The summed E-state index contributed by atoms with van der Waals surface area (Å²) in [7, 11) is 0. The molecule has 1 amide bonds. The van der Waals surface area contributed by atoms with Crippen LogP contribution in [-0.4, -0.2) is 34.9 Å². The lowest BCUT2D eigenvalue weighted by atomic mass is 10.0. The van der Waals surface area contributed by atoms with Gasteiger partial charge < -0.3 is 15.5 Å². The summed E-state index contributed by atoms with van der Waals surface area (Å²) in [4.78, 5) is 12.4. The van der Waals surface area contributed by atoms with Gasteiger partial charge in [0.05, 0.1) is 18.8 Å². The molecule has 0 rings (SSSR count). The Balaban J connectivity index is 3.57. The van der Waals surface area contributed by atoms with Crippen molar-refractivity contribution in [1.29, 1.82) is 0 Å². The number of carbonyl (C=O) groups is 1. The Hall–Kier alpha value is -1.91. The van der Waals surface area contributed by atoms with Crippen LogP contribution in [0.2, 0.25) is 0 Å². The molecule has 0 radical (unpaired) electrons. The molecule has 0 spiro atoms. The van der Waals surface area contributed by atoms with Crippen LogP contribution in [-0.2, 0) is 4.79 Å². The van der Waals surface area contributed by atoms with E-state index in [4.69, 9.17) is 0 Å². The lowest BCUT2D eigenvalue weighted by molar-refractivity contribution is -0.123. The van der Waals surface area contributed by atoms with Crippen LogP contribution in [0.3, 0.4) is 0 Å². The third-order valence-electron chi connectivity index (χ3n) is 12.2. The molecule has 0 aliphatic rings. The van der Waals surface area contributed by atoms with E-state index in [1.807, 2.05) is 6.08 Å². The molecule has 0 aromatic heterocycles. The van der Waals surface area contributed by atoms with Gasteiger partial charge in [-0.1, -0.05) is 254 Å². The molecule has 0 aliphatic heterocycles. The summed E-state index contributed by atoms with van der Waals surface area (Å²) in [5.74, 6) is -0.0822. The van der Waals surface area contributed by atoms with Gasteiger partial charge in [0.1, 0.15) is 0 Å². The SMILES string of the molecule is CCCCC/C=C\C/C=C\CCCCCCCCCCCC(=O)NC(CO)C(O)/C=C/CC/C=C/CC/C=C/CCCCCCCCCCCCCCCCCCCCCC. The number of allylic oxidation sites excluding steroid dienone is 9. The van der Waals surface area contributed by atoms with Gasteiger partial charge in [0.2, 0.25) is 5.91 Å². The molecular formula is C57H105NO3. The summed E-state index contributed by atoms with van der Waals surface area (Å²) in [6.45, 7) is 4.28. The summed E-state index contributed by atoms with van der Waals surface area (Å²) < 4.78 is 0. The third-order valence-corrected chi connectivity index (χ3v) is 12.2. The maximum Gasteiger partial charge on any atom is 0.220 e. The highest BCUT2D eigenvalue weighted by Gasteiger charge is 2.17. The molecule has 0 saturated heterocycles. The number of hydrogen-bond donors (Lipinski definition) is 3. The van der Waals surface area contributed by atoms with Crippen molar-refractivity contribution in [2.75, 3.05) is 6.61 Å². The average molecular weight is 852 g/mol. The van der Waals surface area contributed by atoms with Crippen molar-refractivity contribution < 1.29 is 15.0 Å². The highest BCUT2D eigenvalue weighted by molar-refractivity contribution is 5.76. The molecule has 3 N–H and O–H groups in total. The molecule has 4 heteroatoms. The zero-order valence-corrected chi connectivity index (χ0v) is 40.9. The Morgan fingerprint density at radius 1 is 0.393 bits per heavy atom. The second-order valence-electron chi connectivity index (χ2n) is 18.3. The largest absolute Gasteiger partial charge is 0.394 e. The van der Waals surface area contributed by atoms with Crippen LogP contribution < -0.4 is 5.32 Å². The molecule has 0 saturated carbocycles. The molecule has 4 nitrogen and oxygen atoms in total. The highest BCUT2D eigenvalue weighted by Crippen LogP contribution is 2.16. The Labute approximate surface area is 381 Å². The molecule has 61 heavy (non-hydrogen) atoms. The Morgan fingerprint density at radius 2 is 0.689 bits per heavy atom. The molecule has 0 fully saturated rings. The first-order chi connectivity index (χ1) is 30.2. The maximum absolute atomic E-state index is 12.4. The van der Waals surface area contributed by atoms with Gasteiger partial charge in [-0.2, -0.15) is 0 Å². The minimum atomic E-state index is -0.875. The van der Waals surface area contributed by atoms with Crippen molar-refractivity contribution in [3.63, 3.8) is 0 Å². The fourth-order valence-corrected chi connectivity index (χ4v) is 8.07. The second-order valence-corrected chi connectivity index (χ2v) is 18.3. The quantitative estimate of drug-likeness (QED) is 0.0422. The lowest BCUT2D eigenvalue weighted by Crippen LogP contribution is -2.45. The summed E-state index contributed by atoms with van der Waals surface area (Å²) in [6.07, 6.45) is 73.8. The van der Waals surface area contributed by atoms with Crippen molar-refractivity contribution >= 4 is 5.91 Å². The number of hydrogen-bond acceptors (Lipinski definition) is 3. The molecule has 2 unspecified atom stereocenters. The van der Waals surface area contributed by atoms with E-state index in [0.29, 0.717) is 6.42 Å². The first-order valence-electron chi connectivity index (χ1n) is 27.0. The van der Waals surface area contributed by atoms with Crippen LogP contribution in [0.5, 0.6) is 0 Å². The van der Waals surface area contributed by atoms with Gasteiger partial charge in [-0.05, 0) is 77.0 Å². The Morgan fingerprint density at radius 3 is 1.08 bits per heavy atom. The minimum absolute atomic E-state index is 0.0822. The van der Waals surface area contributed by atoms with E-state index in [-0.39, 0.29) is 12.5 Å². The highest BCUT2D eigenvalue weighted by atomic mass is 16.3. The number of unbranched alkanes of at least 4 members (excludes halogenated alkanes) is 34. The summed E-state index contributed by atoms with van der Waals surface area (Å²) in [5, 5.41) is 23.1. The predicted octanol–water partition coefficient (Wildman–Crippen LogP) is 17.6. The summed E-state index contributed by atoms with van der Waals surface area (Å²) in [6, 6.07) is -0.651. The van der Waals surface area contributed by atoms with E-state index in [2.05, 4.69) is 67.8 Å². The molecule has 0 aliphatic carbocycles. The van der Waals surface area contributed by atoms with E-state index in [0.717, 1.165) is 44.9 Å². The Bertz CT molecular complexity index is 1010. The van der Waals surface area contributed by atoms with Gasteiger partial charge in [-0.3, -0.25) is 4.79 Å². The van der Waals surface area contributed by atoms with Crippen LogP contribution in [0, 0.1) is 0 Å². The number of nitrogens with one attached hydrogen (secondary N) is 1. The molecule has 356 valence electrons. The number of aliphatic hydroxyl groups is 2. The molecule has 0 aromatic carbocycles. The lowest BCUT2D eigenvalue weighted by Gasteiger charge is -2.19. The van der Waals surface area contributed by atoms with Crippen LogP contribution in [0.1, 0.15) is 277 Å². The summed E-state index contributed by atoms with van der Waals surface area (Å²) >= 11 is 0. The van der Waals surface area contributed by atoms with Crippen LogP contribution >= 0.6 is 0 Å². The van der Waals surface area contributed by atoms with Crippen LogP contribution in [0.4, 0.5) is 0 Å². The van der Waals surface area contributed by atoms with Crippen molar-refractivity contribution in [1.82, 2.24) is 5.32 Å². The van der Waals surface area contributed by atoms with E-state index in [9.17, 15) is 15.0 Å². The van der Waals surface area contributed by atoms with Crippen molar-refractivity contribution in [3.8, 4) is 0 Å². The average Bonchev–Trinajstić information content (AvgIpc) is 3.26. The first-order valence-corrected chi connectivity index (χ1v) is 27.0. The van der Waals surface area contributed by atoms with Gasteiger partial charge in [-0.15, -0.1) is 0 Å². The fourth-order valence-electron chi connectivity index (χ4n) is 8.07. The fraction of sp³-hybridized carbons (Fsp3) is 0.807. The van der Waals surface area contributed by atoms with E-state index < -0.39 is 12.1 Å². The van der Waals surface area contributed by atoms with E-state index >= 15 is 0 Å². The van der Waals surface area contributed by atoms with Gasteiger partial charge in [0.15, 0.2) is 0 Å². The standard InChI is InChI=1S/C57H105NO3/c1-3-5-7-9-11-13-15-17-19-21-23-24-25-26-27-28-29-30-31-32-33-35-36-38-40-42-44-46-48-50-52-56(60)55(54-59)58-57(61)53-51-49-47-45-43-41-39-37-34-22-20-18-16-14-12-10-8-6-4-2/h12,14,18,20,35-36,42,44,50,52,55-56,59-60H,3-11,13,15-17,19,21-34,37-41,43,45-49,51,53-54H2,1-2H3,(H,58,61)/b14-12-,20-18-,36-35+,44-42+,52-50+. The second kappa shape index (κ2) is 52.4. The van der Waals surface area contributed by atoms with Crippen molar-refractivity contribution in [2.45, 2.75) is 289 Å². The van der Waals surface area contributed by atoms with E-state index in [1.54, 1.807) is 6.08 Å². The molecule has 0 aromatic rings. The van der Waals surface area contributed by atoms with E-state index in [1.165, 1.54) is 212 Å².